The number of nitrogens with zero attached hydrogens (tertiary/aromatic N) is 2. The molecule has 4 N–H and O–H groups in total. The van der Waals surface area contributed by atoms with Crippen molar-refractivity contribution < 1.29 is 14.6 Å². The van der Waals surface area contributed by atoms with E-state index in [1.54, 1.807) is 24.3 Å². The number of rotatable bonds is 7. The summed E-state index contributed by atoms with van der Waals surface area (Å²) < 4.78 is 5.62. The van der Waals surface area contributed by atoms with E-state index in [2.05, 4.69) is 15.5 Å². The Morgan fingerprint density at radius 3 is 2.50 bits per heavy atom. The van der Waals surface area contributed by atoms with Crippen LogP contribution in [0.4, 0.5) is 10.5 Å². The molecule has 0 saturated heterocycles. The van der Waals surface area contributed by atoms with E-state index in [0.29, 0.717) is 30.3 Å². The SMILES string of the molecule is CCOc1nnc(C(N)Cc2ccccc2)cc1-c1ccc(NC(=O)O)cc1. The first kappa shape index (κ1) is 19.3. The van der Waals surface area contributed by atoms with E-state index >= 15 is 0 Å². The first-order chi connectivity index (χ1) is 13.6. The van der Waals surface area contributed by atoms with Crippen LogP contribution in [0.3, 0.4) is 0 Å². The Balaban J connectivity index is 1.90. The predicted molar refractivity (Wildman–Crippen MR) is 107 cm³/mol. The average Bonchev–Trinajstić information content (AvgIpc) is 2.69. The van der Waals surface area contributed by atoms with Gasteiger partial charge in [-0.2, -0.15) is 5.10 Å². The molecule has 3 aromatic rings. The summed E-state index contributed by atoms with van der Waals surface area (Å²) in [6.07, 6.45) is -0.466. The van der Waals surface area contributed by atoms with Crippen LogP contribution in [0.1, 0.15) is 24.2 Å². The smallest absolute Gasteiger partial charge is 0.409 e. The third-order valence-electron chi connectivity index (χ3n) is 4.19. The highest BCUT2D eigenvalue weighted by atomic mass is 16.5. The lowest BCUT2D eigenvalue weighted by molar-refractivity contribution is 0.209. The third kappa shape index (κ3) is 4.83. The Labute approximate surface area is 163 Å². The van der Waals surface area contributed by atoms with Gasteiger partial charge in [-0.15, -0.1) is 5.10 Å². The number of hydrogen-bond donors (Lipinski definition) is 3. The normalized spacial score (nSPS) is 11.6. The van der Waals surface area contributed by atoms with Crippen molar-refractivity contribution >= 4 is 11.8 Å². The summed E-state index contributed by atoms with van der Waals surface area (Å²) in [4.78, 5) is 10.8. The highest BCUT2D eigenvalue weighted by Crippen LogP contribution is 2.30. The van der Waals surface area contributed by atoms with Crippen LogP contribution in [0.2, 0.25) is 0 Å². The molecule has 0 aliphatic heterocycles. The van der Waals surface area contributed by atoms with Crippen molar-refractivity contribution in [1.29, 1.82) is 0 Å². The van der Waals surface area contributed by atoms with Crippen LogP contribution in [0.5, 0.6) is 5.88 Å². The van der Waals surface area contributed by atoms with Gasteiger partial charge in [0, 0.05) is 11.3 Å². The molecule has 0 spiro atoms. The molecule has 1 atom stereocenters. The Bertz CT molecular complexity index is 930. The molecule has 1 aromatic heterocycles. The zero-order valence-corrected chi connectivity index (χ0v) is 15.5. The van der Waals surface area contributed by atoms with Gasteiger partial charge < -0.3 is 15.6 Å². The highest BCUT2D eigenvalue weighted by Gasteiger charge is 2.15. The molecule has 0 fully saturated rings. The maximum absolute atomic E-state index is 10.8. The van der Waals surface area contributed by atoms with Crippen LogP contribution in [0.25, 0.3) is 11.1 Å². The van der Waals surface area contributed by atoms with Crippen LogP contribution in [0.15, 0.2) is 60.7 Å². The van der Waals surface area contributed by atoms with Gasteiger partial charge in [-0.1, -0.05) is 42.5 Å². The quantitative estimate of drug-likeness (QED) is 0.575. The van der Waals surface area contributed by atoms with Gasteiger partial charge in [0.1, 0.15) is 0 Å². The maximum Gasteiger partial charge on any atom is 0.409 e. The lowest BCUT2D eigenvalue weighted by Crippen LogP contribution is -2.16. The first-order valence-electron chi connectivity index (χ1n) is 8.97. The van der Waals surface area contributed by atoms with Crippen molar-refractivity contribution in [2.45, 2.75) is 19.4 Å². The number of nitrogens with one attached hydrogen (secondary N) is 1. The van der Waals surface area contributed by atoms with Crippen molar-refractivity contribution in [3.05, 3.63) is 71.9 Å². The molecule has 7 nitrogen and oxygen atoms in total. The maximum atomic E-state index is 10.8. The van der Waals surface area contributed by atoms with E-state index in [-0.39, 0.29) is 6.04 Å². The van der Waals surface area contributed by atoms with Gasteiger partial charge >= 0.3 is 6.09 Å². The molecule has 3 rings (SSSR count). The molecule has 7 heteroatoms. The summed E-state index contributed by atoms with van der Waals surface area (Å²) in [6.45, 7) is 2.33. The van der Waals surface area contributed by atoms with Crippen molar-refractivity contribution in [2.75, 3.05) is 11.9 Å². The summed E-state index contributed by atoms with van der Waals surface area (Å²) in [6, 6.07) is 18.5. The standard InChI is InChI=1S/C21H22N4O3/c1-2-28-20-17(15-8-10-16(11-9-15)23-21(26)27)13-19(24-25-20)18(22)12-14-6-4-3-5-7-14/h3-11,13,18,23H,2,12,22H2,1H3,(H,26,27). The molecule has 0 bridgehead atoms. The topological polar surface area (TPSA) is 110 Å². The fourth-order valence-electron chi connectivity index (χ4n) is 2.86. The van der Waals surface area contributed by atoms with E-state index in [1.807, 2.05) is 43.3 Å². The molecular weight excluding hydrogens is 356 g/mol. The van der Waals surface area contributed by atoms with Crippen LogP contribution in [-0.4, -0.2) is 28.0 Å². The predicted octanol–water partition coefficient (Wildman–Crippen LogP) is 3.87. The highest BCUT2D eigenvalue weighted by molar-refractivity contribution is 5.83. The monoisotopic (exact) mass is 378 g/mol. The van der Waals surface area contributed by atoms with E-state index in [9.17, 15) is 4.79 Å². The number of nitrogens with two attached hydrogens (primary N) is 1. The number of hydrogen-bond acceptors (Lipinski definition) is 5. The molecule has 0 radical (unpaired) electrons. The number of carboxylic acid groups (broad SMARTS) is 1. The first-order valence-corrected chi connectivity index (χ1v) is 8.97. The number of anilines is 1. The summed E-state index contributed by atoms with van der Waals surface area (Å²) in [5, 5.41) is 19.6. The minimum Gasteiger partial charge on any atom is -0.476 e. The van der Waals surface area contributed by atoms with Crippen molar-refractivity contribution in [3.63, 3.8) is 0 Å². The van der Waals surface area contributed by atoms with Crippen molar-refractivity contribution in [3.8, 4) is 17.0 Å². The van der Waals surface area contributed by atoms with Crippen LogP contribution >= 0.6 is 0 Å². The second kappa shape index (κ2) is 8.96. The van der Waals surface area contributed by atoms with E-state index in [4.69, 9.17) is 15.6 Å². The van der Waals surface area contributed by atoms with Gasteiger partial charge in [-0.25, -0.2) is 4.79 Å². The fraction of sp³-hybridized carbons (Fsp3) is 0.190. The van der Waals surface area contributed by atoms with Crippen LogP contribution in [0, 0.1) is 0 Å². The largest absolute Gasteiger partial charge is 0.476 e. The number of ether oxygens (including phenoxy) is 1. The van der Waals surface area contributed by atoms with Crippen molar-refractivity contribution in [2.24, 2.45) is 5.73 Å². The third-order valence-corrected chi connectivity index (χ3v) is 4.19. The lowest BCUT2D eigenvalue weighted by atomic mass is 10.0. The van der Waals surface area contributed by atoms with Crippen LogP contribution in [-0.2, 0) is 6.42 Å². The number of carbonyl (C=O) groups is 1. The average molecular weight is 378 g/mol. The molecule has 2 aromatic carbocycles. The Morgan fingerprint density at radius 1 is 1.14 bits per heavy atom. The zero-order chi connectivity index (χ0) is 19.9. The fourth-order valence-corrected chi connectivity index (χ4v) is 2.86. The minimum atomic E-state index is -1.11. The molecule has 0 aliphatic rings. The molecule has 0 saturated carbocycles. The molecule has 0 aliphatic carbocycles. The molecule has 1 amide bonds. The summed E-state index contributed by atoms with van der Waals surface area (Å²) in [7, 11) is 0. The molecule has 28 heavy (non-hydrogen) atoms. The second-order valence-corrected chi connectivity index (χ2v) is 6.22. The Kier molecular flexibility index (Phi) is 6.18. The molecular formula is C21H22N4O3. The molecule has 1 heterocycles. The summed E-state index contributed by atoms with van der Waals surface area (Å²) in [5.74, 6) is 0.414. The van der Waals surface area contributed by atoms with Crippen LogP contribution < -0.4 is 15.8 Å². The lowest BCUT2D eigenvalue weighted by Gasteiger charge is -2.15. The van der Waals surface area contributed by atoms with Gasteiger partial charge in [0.15, 0.2) is 0 Å². The van der Waals surface area contributed by atoms with Gasteiger partial charge in [0.25, 0.3) is 0 Å². The molecule has 1 unspecified atom stereocenters. The molecule has 144 valence electrons. The Hall–Kier alpha value is -3.45. The summed E-state index contributed by atoms with van der Waals surface area (Å²) >= 11 is 0. The van der Waals surface area contributed by atoms with Gasteiger partial charge in [0.2, 0.25) is 5.88 Å². The number of amides is 1. The van der Waals surface area contributed by atoms with Crippen molar-refractivity contribution in [1.82, 2.24) is 10.2 Å². The van der Waals surface area contributed by atoms with E-state index < -0.39 is 6.09 Å². The number of benzene rings is 2. The Morgan fingerprint density at radius 2 is 1.86 bits per heavy atom. The minimum absolute atomic E-state index is 0.308. The van der Waals surface area contributed by atoms with E-state index in [0.717, 1.165) is 16.7 Å². The zero-order valence-electron chi connectivity index (χ0n) is 15.5. The van der Waals surface area contributed by atoms with Gasteiger partial charge in [-0.05, 0) is 42.7 Å². The van der Waals surface area contributed by atoms with Gasteiger partial charge in [0.05, 0.1) is 18.3 Å². The summed E-state index contributed by atoms with van der Waals surface area (Å²) in [5.41, 5.74) is 10.2. The van der Waals surface area contributed by atoms with E-state index in [1.165, 1.54) is 0 Å². The van der Waals surface area contributed by atoms with Gasteiger partial charge in [-0.3, -0.25) is 5.32 Å². The second-order valence-electron chi connectivity index (χ2n) is 6.22. The number of aromatic nitrogens is 2.